The van der Waals surface area contributed by atoms with Gasteiger partial charge in [0.25, 0.3) is 5.91 Å². The van der Waals surface area contributed by atoms with Crippen LogP contribution >= 0.6 is 0 Å². The van der Waals surface area contributed by atoms with Crippen LogP contribution in [0.15, 0.2) is 36.5 Å². The second kappa shape index (κ2) is 5.48. The van der Waals surface area contributed by atoms with Crippen LogP contribution < -0.4 is 5.32 Å². The van der Waals surface area contributed by atoms with E-state index in [4.69, 9.17) is 5.11 Å². The van der Waals surface area contributed by atoms with E-state index in [0.717, 1.165) is 6.07 Å². The maximum absolute atomic E-state index is 13.0. The van der Waals surface area contributed by atoms with Gasteiger partial charge in [0.2, 0.25) is 5.95 Å². The zero-order chi connectivity index (χ0) is 14.7. The number of rotatable bonds is 3. The Bertz CT molecular complexity index is 686. The summed E-state index contributed by atoms with van der Waals surface area (Å²) in [5, 5.41) is 11.6. The maximum atomic E-state index is 13.0. The molecule has 0 bridgehead atoms. The van der Waals surface area contributed by atoms with Crippen molar-refractivity contribution in [2.75, 3.05) is 5.32 Å². The number of aromatic nitrogens is 1. The molecule has 0 fully saturated rings. The Morgan fingerprint density at radius 3 is 2.70 bits per heavy atom. The molecule has 2 N–H and O–H groups in total. The number of aryl methyl sites for hydroxylation is 1. The number of nitrogens with one attached hydrogen (secondary N) is 1. The van der Waals surface area contributed by atoms with Crippen molar-refractivity contribution in [2.45, 2.75) is 6.92 Å². The second-order valence-corrected chi connectivity index (χ2v) is 4.12. The highest BCUT2D eigenvalue weighted by Crippen LogP contribution is 2.20. The molecular weight excluding hydrogens is 263 g/mol. The standard InChI is InChI=1S/C14H11FN2O3/c1-8-3-2-4-10(12(8)14(19)20)17-13(18)9-5-6-16-11(15)7-9/h2-7H,1H3,(H,17,18)(H,19,20). The van der Waals surface area contributed by atoms with Gasteiger partial charge >= 0.3 is 5.97 Å². The predicted molar refractivity (Wildman–Crippen MR) is 70.3 cm³/mol. The molecule has 0 aliphatic carbocycles. The van der Waals surface area contributed by atoms with Crippen LogP contribution in [0.4, 0.5) is 10.1 Å². The summed E-state index contributed by atoms with van der Waals surface area (Å²) in [6, 6.07) is 7.06. The van der Waals surface area contributed by atoms with Gasteiger partial charge in [-0.15, -0.1) is 0 Å². The predicted octanol–water partition coefficient (Wildman–Crippen LogP) is 2.48. The second-order valence-electron chi connectivity index (χ2n) is 4.12. The fourth-order valence-corrected chi connectivity index (χ4v) is 1.79. The van der Waals surface area contributed by atoms with Crippen LogP contribution in [0.25, 0.3) is 0 Å². The minimum absolute atomic E-state index is 0.00961. The molecule has 102 valence electrons. The number of carbonyl (C=O) groups excluding carboxylic acids is 1. The van der Waals surface area contributed by atoms with Crippen LogP contribution in [-0.2, 0) is 0 Å². The van der Waals surface area contributed by atoms with Crippen molar-refractivity contribution in [1.82, 2.24) is 4.98 Å². The molecule has 6 heteroatoms. The van der Waals surface area contributed by atoms with Crippen molar-refractivity contribution in [3.8, 4) is 0 Å². The first-order chi connectivity index (χ1) is 9.49. The van der Waals surface area contributed by atoms with E-state index < -0.39 is 17.8 Å². The van der Waals surface area contributed by atoms with Crippen LogP contribution in [0.1, 0.15) is 26.3 Å². The molecular formula is C14H11FN2O3. The Balaban J connectivity index is 2.33. The van der Waals surface area contributed by atoms with Gasteiger partial charge in [0.1, 0.15) is 0 Å². The van der Waals surface area contributed by atoms with E-state index >= 15 is 0 Å². The molecule has 0 atom stereocenters. The SMILES string of the molecule is Cc1cccc(NC(=O)c2ccnc(F)c2)c1C(=O)O. The lowest BCUT2D eigenvalue weighted by Crippen LogP contribution is -2.16. The summed E-state index contributed by atoms with van der Waals surface area (Å²) < 4.78 is 13.0. The van der Waals surface area contributed by atoms with Crippen LogP contribution in [0, 0.1) is 12.9 Å². The molecule has 5 nitrogen and oxygen atoms in total. The molecule has 0 aliphatic rings. The molecule has 20 heavy (non-hydrogen) atoms. The van der Waals surface area contributed by atoms with Crippen LogP contribution in [-0.4, -0.2) is 22.0 Å². The summed E-state index contributed by atoms with van der Waals surface area (Å²) in [6.45, 7) is 1.63. The van der Waals surface area contributed by atoms with Crippen molar-refractivity contribution in [3.63, 3.8) is 0 Å². The number of aromatic carboxylic acids is 1. The van der Waals surface area contributed by atoms with Crippen molar-refractivity contribution < 1.29 is 19.1 Å². The number of amides is 1. The zero-order valence-electron chi connectivity index (χ0n) is 10.6. The van der Waals surface area contributed by atoms with Gasteiger partial charge in [-0.05, 0) is 24.6 Å². The van der Waals surface area contributed by atoms with Gasteiger partial charge in [-0.3, -0.25) is 4.79 Å². The molecule has 0 saturated carbocycles. The van der Waals surface area contributed by atoms with Gasteiger partial charge in [-0.25, -0.2) is 9.78 Å². The first-order valence-corrected chi connectivity index (χ1v) is 5.75. The van der Waals surface area contributed by atoms with Gasteiger partial charge in [0, 0.05) is 17.8 Å². The van der Waals surface area contributed by atoms with Gasteiger partial charge in [-0.2, -0.15) is 4.39 Å². The zero-order valence-corrected chi connectivity index (χ0v) is 10.6. The molecule has 1 heterocycles. The Kier molecular flexibility index (Phi) is 3.74. The molecule has 0 radical (unpaired) electrons. The topological polar surface area (TPSA) is 79.3 Å². The lowest BCUT2D eigenvalue weighted by Gasteiger charge is -2.10. The third kappa shape index (κ3) is 2.80. The van der Waals surface area contributed by atoms with Gasteiger partial charge in [-0.1, -0.05) is 12.1 Å². The Morgan fingerprint density at radius 2 is 2.05 bits per heavy atom. The van der Waals surface area contributed by atoms with Gasteiger partial charge < -0.3 is 10.4 Å². The maximum Gasteiger partial charge on any atom is 0.338 e. The van der Waals surface area contributed by atoms with E-state index in [0.29, 0.717) is 5.56 Å². The smallest absolute Gasteiger partial charge is 0.338 e. The van der Waals surface area contributed by atoms with E-state index in [1.807, 2.05) is 0 Å². The molecule has 2 aromatic rings. The number of carboxylic acid groups (broad SMARTS) is 1. The molecule has 1 aromatic heterocycles. The molecule has 0 aliphatic heterocycles. The minimum atomic E-state index is -1.14. The number of carboxylic acids is 1. The largest absolute Gasteiger partial charge is 0.478 e. The number of hydrogen-bond acceptors (Lipinski definition) is 3. The lowest BCUT2D eigenvalue weighted by atomic mass is 10.1. The third-order valence-corrected chi connectivity index (χ3v) is 2.72. The van der Waals surface area contributed by atoms with Gasteiger partial charge in [0.15, 0.2) is 0 Å². The van der Waals surface area contributed by atoms with Crippen LogP contribution in [0.5, 0.6) is 0 Å². The fourth-order valence-electron chi connectivity index (χ4n) is 1.79. The monoisotopic (exact) mass is 274 g/mol. The number of benzene rings is 1. The van der Waals surface area contributed by atoms with Crippen LogP contribution in [0.3, 0.4) is 0 Å². The number of anilines is 1. The van der Waals surface area contributed by atoms with Crippen molar-refractivity contribution in [3.05, 3.63) is 59.2 Å². The molecule has 0 saturated heterocycles. The number of carbonyl (C=O) groups is 2. The molecule has 0 unspecified atom stereocenters. The third-order valence-electron chi connectivity index (χ3n) is 2.72. The highest BCUT2D eigenvalue weighted by molar-refractivity contribution is 6.08. The molecule has 0 spiro atoms. The van der Waals surface area contributed by atoms with Gasteiger partial charge in [0.05, 0.1) is 11.3 Å². The Labute approximate surface area is 114 Å². The molecule has 1 aromatic carbocycles. The van der Waals surface area contributed by atoms with Crippen LogP contribution in [0.2, 0.25) is 0 Å². The minimum Gasteiger partial charge on any atom is -0.478 e. The molecule has 2 rings (SSSR count). The highest BCUT2D eigenvalue weighted by Gasteiger charge is 2.16. The summed E-state index contributed by atoms with van der Waals surface area (Å²) in [4.78, 5) is 26.5. The summed E-state index contributed by atoms with van der Waals surface area (Å²) >= 11 is 0. The first-order valence-electron chi connectivity index (χ1n) is 5.75. The summed E-state index contributed by atoms with van der Waals surface area (Å²) in [5.74, 6) is -2.51. The number of hydrogen-bond donors (Lipinski definition) is 2. The number of halogens is 1. The van der Waals surface area contributed by atoms with E-state index in [1.165, 1.54) is 18.3 Å². The average molecular weight is 274 g/mol. The van der Waals surface area contributed by atoms with Crippen molar-refractivity contribution in [2.24, 2.45) is 0 Å². The number of nitrogens with zero attached hydrogens (tertiary/aromatic N) is 1. The lowest BCUT2D eigenvalue weighted by molar-refractivity contribution is 0.0697. The Hall–Kier alpha value is -2.76. The number of pyridine rings is 1. The Morgan fingerprint density at radius 1 is 1.30 bits per heavy atom. The normalized spacial score (nSPS) is 10.1. The summed E-state index contributed by atoms with van der Waals surface area (Å²) in [5.41, 5.74) is 0.765. The average Bonchev–Trinajstić information content (AvgIpc) is 2.38. The summed E-state index contributed by atoms with van der Waals surface area (Å²) in [6.07, 6.45) is 1.17. The van der Waals surface area contributed by atoms with Crippen molar-refractivity contribution in [1.29, 1.82) is 0 Å². The fraction of sp³-hybridized carbons (Fsp3) is 0.0714. The highest BCUT2D eigenvalue weighted by atomic mass is 19.1. The van der Waals surface area contributed by atoms with E-state index in [1.54, 1.807) is 19.1 Å². The van der Waals surface area contributed by atoms with Crippen molar-refractivity contribution >= 4 is 17.6 Å². The quantitative estimate of drug-likeness (QED) is 0.843. The van der Waals surface area contributed by atoms with E-state index in [9.17, 15) is 14.0 Å². The summed E-state index contributed by atoms with van der Waals surface area (Å²) in [7, 11) is 0. The first kappa shape index (κ1) is 13.7. The van der Waals surface area contributed by atoms with E-state index in [2.05, 4.69) is 10.3 Å². The molecule has 1 amide bonds. The van der Waals surface area contributed by atoms with E-state index in [-0.39, 0.29) is 16.8 Å².